The molecule has 10 heteroatoms. The van der Waals surface area contributed by atoms with Crippen molar-refractivity contribution in [3.05, 3.63) is 45.5 Å². The molecule has 1 spiro atoms. The third-order valence-electron chi connectivity index (χ3n) is 8.36. The molecule has 2 aliphatic carbocycles. The number of nitro groups is 1. The number of allylic oxidation sites excluding steroid dienone is 3. The van der Waals surface area contributed by atoms with Crippen molar-refractivity contribution in [3.8, 4) is 0 Å². The van der Waals surface area contributed by atoms with E-state index in [1.54, 1.807) is 6.26 Å². The number of hydrogen-bond acceptors (Lipinski definition) is 8. The number of rotatable bonds is 3. The lowest BCUT2D eigenvalue weighted by atomic mass is 9.53. The van der Waals surface area contributed by atoms with Gasteiger partial charge >= 0.3 is 17.4 Å². The van der Waals surface area contributed by atoms with Crippen molar-refractivity contribution in [1.29, 1.82) is 0 Å². The topological polar surface area (TPSA) is 139 Å². The molecule has 0 amide bonds. The number of carboxylic acid groups (broad SMARTS) is 1. The van der Waals surface area contributed by atoms with Crippen LogP contribution >= 0.6 is 0 Å². The number of ether oxygens (including phenoxy) is 1. The highest BCUT2D eigenvalue weighted by molar-refractivity contribution is 6.48. The van der Waals surface area contributed by atoms with E-state index in [2.05, 4.69) is 10.2 Å². The zero-order chi connectivity index (χ0) is 21.7. The van der Waals surface area contributed by atoms with Crippen LogP contribution in [0.5, 0.6) is 0 Å². The molecule has 6 aliphatic rings. The van der Waals surface area contributed by atoms with Crippen LogP contribution in [0.25, 0.3) is 0 Å². The van der Waals surface area contributed by atoms with Gasteiger partial charge in [0.25, 0.3) is 0 Å². The van der Waals surface area contributed by atoms with Crippen molar-refractivity contribution >= 4 is 17.5 Å². The average molecular weight is 427 g/mol. The average Bonchev–Trinajstić information content (AvgIpc) is 3.18. The van der Waals surface area contributed by atoms with E-state index < -0.39 is 39.7 Å². The van der Waals surface area contributed by atoms with Gasteiger partial charge in [-0.15, -0.1) is 0 Å². The van der Waals surface area contributed by atoms with Crippen LogP contribution in [0.2, 0.25) is 0 Å². The minimum Gasteiger partial charge on any atom is -0.497 e. The molecule has 4 fully saturated rings. The lowest BCUT2D eigenvalue weighted by Crippen LogP contribution is -2.64. The zero-order valence-corrected chi connectivity index (χ0v) is 16.5. The quantitative estimate of drug-likeness (QED) is 0.281. The van der Waals surface area contributed by atoms with Crippen LogP contribution in [-0.4, -0.2) is 63.7 Å². The van der Waals surface area contributed by atoms with E-state index in [9.17, 15) is 29.6 Å². The number of carboxylic acids is 1. The zero-order valence-electron chi connectivity index (χ0n) is 16.5. The Morgan fingerprint density at radius 2 is 2.23 bits per heavy atom. The van der Waals surface area contributed by atoms with Crippen LogP contribution in [0.4, 0.5) is 0 Å². The van der Waals surface area contributed by atoms with Crippen molar-refractivity contribution in [2.45, 2.75) is 37.5 Å². The summed E-state index contributed by atoms with van der Waals surface area (Å²) in [5, 5.41) is 24.5. The van der Waals surface area contributed by atoms with E-state index >= 15 is 0 Å². The second kappa shape index (κ2) is 6.03. The van der Waals surface area contributed by atoms with E-state index in [-0.39, 0.29) is 42.0 Å². The molecule has 0 aromatic rings. The predicted octanol–water partition coefficient (Wildman–Crippen LogP) is 0.239. The molecular weight excluding hydrogens is 406 g/mol. The molecule has 0 unspecified atom stereocenters. The SMILES string of the molecule is O=C(O)C[C@@H]1OC=C[C@@H]2CN3CC[C@]45C6=CC(=O)C(=O)C([N+](=O)[O-])=C6N[C@H]4[C@@H]1[C@H]2C[C@@H]35. The van der Waals surface area contributed by atoms with Crippen LogP contribution in [0, 0.1) is 33.3 Å². The molecule has 1 saturated carbocycles. The first-order chi connectivity index (χ1) is 14.8. The molecule has 6 rings (SSSR count). The normalized spacial score (nSPS) is 42.3. The largest absolute Gasteiger partial charge is 0.497 e. The molecule has 4 aliphatic heterocycles. The molecule has 0 radical (unpaired) electrons. The van der Waals surface area contributed by atoms with Gasteiger partial charge in [-0.2, -0.15) is 0 Å². The fourth-order valence-corrected chi connectivity index (χ4v) is 7.35. The van der Waals surface area contributed by atoms with Crippen molar-refractivity contribution < 1.29 is 29.2 Å². The van der Waals surface area contributed by atoms with Crippen LogP contribution in [0.3, 0.4) is 0 Å². The van der Waals surface area contributed by atoms with Crippen molar-refractivity contribution in [2.24, 2.45) is 23.2 Å². The molecule has 162 valence electrons. The number of hydrogen-bond donors (Lipinski definition) is 2. The van der Waals surface area contributed by atoms with Crippen LogP contribution in [0.1, 0.15) is 19.3 Å². The molecule has 4 heterocycles. The van der Waals surface area contributed by atoms with Gasteiger partial charge in [0.2, 0.25) is 5.78 Å². The summed E-state index contributed by atoms with van der Waals surface area (Å²) in [7, 11) is 0. The lowest BCUT2D eigenvalue weighted by Gasteiger charge is -2.56. The van der Waals surface area contributed by atoms with Gasteiger partial charge in [-0.05, 0) is 48.9 Å². The predicted molar refractivity (Wildman–Crippen MR) is 103 cm³/mol. The molecular formula is C21H21N3O7. The standard InChI is InChI=1S/C21H21N3O7/c25-12-6-11-17(18(19(12)28)24(29)30)22-20-16-10-5-14-21(11,20)2-3-23(14)8-9(10)1-4-31-13(16)7-15(26)27/h1,4,6,9-10,13-14,16,20,22H,2-3,5,7-8H2,(H,26,27)/t9-,10+,13+,14-,16-,20+,21-/m1/s1. The maximum Gasteiger partial charge on any atom is 0.343 e. The van der Waals surface area contributed by atoms with E-state index in [1.807, 2.05) is 6.08 Å². The summed E-state index contributed by atoms with van der Waals surface area (Å²) in [4.78, 5) is 49.8. The Hall–Kier alpha value is -3.01. The van der Waals surface area contributed by atoms with Crippen LogP contribution < -0.4 is 5.32 Å². The summed E-state index contributed by atoms with van der Waals surface area (Å²) < 4.78 is 5.89. The van der Waals surface area contributed by atoms with E-state index in [4.69, 9.17) is 4.74 Å². The van der Waals surface area contributed by atoms with Gasteiger partial charge in [0.05, 0.1) is 17.6 Å². The molecule has 7 atom stereocenters. The Bertz CT molecular complexity index is 1050. The van der Waals surface area contributed by atoms with Crippen LogP contribution in [0.15, 0.2) is 35.4 Å². The molecule has 3 saturated heterocycles. The lowest BCUT2D eigenvalue weighted by molar-refractivity contribution is -0.419. The monoisotopic (exact) mass is 427 g/mol. The number of piperidine rings is 1. The molecule has 2 N–H and O–H groups in total. The third-order valence-corrected chi connectivity index (χ3v) is 8.36. The molecule has 10 nitrogen and oxygen atoms in total. The summed E-state index contributed by atoms with van der Waals surface area (Å²) >= 11 is 0. The number of nitrogens with zero attached hydrogens (tertiary/aromatic N) is 2. The first-order valence-corrected chi connectivity index (χ1v) is 10.6. The number of aliphatic carboxylic acids is 1. The number of ketones is 2. The summed E-state index contributed by atoms with van der Waals surface area (Å²) in [6.45, 7) is 1.60. The molecule has 0 aromatic heterocycles. The van der Waals surface area contributed by atoms with Gasteiger partial charge < -0.3 is 15.2 Å². The van der Waals surface area contributed by atoms with E-state index in [0.717, 1.165) is 19.5 Å². The van der Waals surface area contributed by atoms with Crippen molar-refractivity contribution in [2.75, 3.05) is 13.1 Å². The fourth-order valence-electron chi connectivity index (χ4n) is 7.35. The van der Waals surface area contributed by atoms with E-state index in [0.29, 0.717) is 12.0 Å². The highest BCUT2D eigenvalue weighted by Crippen LogP contribution is 2.64. The number of Topliss-reactive ketones (excluding diaryl/α,β-unsaturated/α-hetero) is 1. The Kier molecular flexibility index (Phi) is 3.64. The number of nitrogens with one attached hydrogen (secondary N) is 1. The van der Waals surface area contributed by atoms with Gasteiger partial charge in [-0.25, -0.2) is 0 Å². The minimum absolute atomic E-state index is 0.0808. The Balaban J connectivity index is 1.56. The van der Waals surface area contributed by atoms with Crippen LogP contribution in [-0.2, 0) is 19.1 Å². The fraction of sp³-hybridized carbons (Fsp3) is 0.571. The Morgan fingerprint density at radius 1 is 1.42 bits per heavy atom. The first-order valence-electron chi connectivity index (χ1n) is 10.6. The van der Waals surface area contributed by atoms with Crippen molar-refractivity contribution in [3.63, 3.8) is 0 Å². The number of carbonyl (C=O) groups is 3. The highest BCUT2D eigenvalue weighted by Gasteiger charge is 2.70. The Morgan fingerprint density at radius 3 is 2.97 bits per heavy atom. The van der Waals surface area contributed by atoms with Crippen molar-refractivity contribution in [1.82, 2.24) is 10.2 Å². The second-order valence-electron chi connectivity index (χ2n) is 9.40. The number of carbonyl (C=O) groups excluding carboxylic acids is 2. The number of fused-ring (bicyclic) bond motifs is 2. The summed E-state index contributed by atoms with van der Waals surface area (Å²) in [5.74, 6) is -2.81. The maximum atomic E-state index is 12.4. The van der Waals surface area contributed by atoms with E-state index in [1.165, 1.54) is 6.08 Å². The van der Waals surface area contributed by atoms with Gasteiger partial charge in [0.1, 0.15) is 11.8 Å². The third kappa shape index (κ3) is 2.23. The first kappa shape index (κ1) is 18.7. The van der Waals surface area contributed by atoms with Gasteiger partial charge in [-0.1, -0.05) is 0 Å². The Labute approximate surface area is 176 Å². The minimum atomic E-state index is -1.11. The molecule has 2 bridgehead atoms. The molecule has 0 aromatic carbocycles. The summed E-state index contributed by atoms with van der Waals surface area (Å²) in [5.41, 5.74) is -0.594. The second-order valence-corrected chi connectivity index (χ2v) is 9.40. The molecule has 31 heavy (non-hydrogen) atoms. The maximum absolute atomic E-state index is 12.4. The summed E-state index contributed by atoms with van der Waals surface area (Å²) in [6.07, 6.45) is 5.62. The van der Waals surface area contributed by atoms with Gasteiger partial charge in [-0.3, -0.25) is 29.4 Å². The van der Waals surface area contributed by atoms with Gasteiger partial charge in [0.15, 0.2) is 0 Å². The summed E-state index contributed by atoms with van der Waals surface area (Å²) in [6, 6.07) is -0.263. The van der Waals surface area contributed by atoms with Gasteiger partial charge in [0, 0.05) is 30.0 Å². The highest BCUT2D eigenvalue weighted by atomic mass is 16.6. The smallest absolute Gasteiger partial charge is 0.343 e.